The third-order valence-electron chi connectivity index (χ3n) is 6.23. The molecule has 3 aliphatic rings. The van der Waals surface area contributed by atoms with Crippen LogP contribution in [0.3, 0.4) is 0 Å². The number of hydrogen-bond acceptors (Lipinski definition) is 1. The summed E-state index contributed by atoms with van der Waals surface area (Å²) in [6, 6.07) is 0.866. The molecule has 1 nitrogen and oxygen atoms in total. The lowest BCUT2D eigenvalue weighted by Gasteiger charge is -2.34. The van der Waals surface area contributed by atoms with Crippen molar-refractivity contribution in [2.45, 2.75) is 65.3 Å². The number of rotatable bonds is 4. The largest absolute Gasteiger partial charge is 0.313 e. The molecule has 0 aromatic heterocycles. The summed E-state index contributed by atoms with van der Waals surface area (Å²) < 4.78 is 0. The number of fused-ring (bicyclic) bond motifs is 5. The fourth-order valence-electron chi connectivity index (χ4n) is 4.84. The zero-order chi connectivity index (χ0) is 12.0. The molecule has 0 aromatic rings. The van der Waals surface area contributed by atoms with Gasteiger partial charge in [-0.05, 0) is 61.2 Å². The predicted molar refractivity (Wildman–Crippen MR) is 72.9 cm³/mol. The van der Waals surface area contributed by atoms with Crippen molar-refractivity contribution in [3.8, 4) is 0 Å². The van der Waals surface area contributed by atoms with Crippen molar-refractivity contribution in [2.75, 3.05) is 6.54 Å². The molecule has 3 aliphatic carbocycles. The molecule has 0 saturated heterocycles. The smallest absolute Gasteiger partial charge is 0.0101 e. The summed E-state index contributed by atoms with van der Waals surface area (Å²) in [5, 5.41) is 3.92. The Bertz CT molecular complexity index is 283. The first kappa shape index (κ1) is 12.0. The standard InChI is InChI=1S/C16H29N/c1-4-16(2,3)10-17-15-9-11-8-14(15)13-7-5-6-12(11)13/h11-15,17H,4-10H2,1-3H3. The first-order valence-corrected chi connectivity index (χ1v) is 7.84. The Morgan fingerprint density at radius 2 is 1.82 bits per heavy atom. The van der Waals surface area contributed by atoms with E-state index in [2.05, 4.69) is 26.1 Å². The third-order valence-corrected chi connectivity index (χ3v) is 6.23. The quantitative estimate of drug-likeness (QED) is 0.781. The summed E-state index contributed by atoms with van der Waals surface area (Å²) in [5.74, 6) is 4.38. The molecule has 0 radical (unpaired) electrons. The maximum Gasteiger partial charge on any atom is 0.0101 e. The zero-order valence-corrected chi connectivity index (χ0v) is 11.8. The van der Waals surface area contributed by atoms with Crippen molar-refractivity contribution in [3.63, 3.8) is 0 Å². The van der Waals surface area contributed by atoms with E-state index in [0.717, 1.165) is 29.7 Å². The Labute approximate surface area is 107 Å². The van der Waals surface area contributed by atoms with Crippen LogP contribution in [0.5, 0.6) is 0 Å². The SMILES string of the molecule is CCC(C)(C)CNC1CC2CC1C1CCCC21. The Kier molecular flexibility index (Phi) is 3.01. The van der Waals surface area contributed by atoms with Crippen molar-refractivity contribution < 1.29 is 0 Å². The molecule has 0 amide bonds. The van der Waals surface area contributed by atoms with Gasteiger partial charge in [0.1, 0.15) is 0 Å². The van der Waals surface area contributed by atoms with E-state index in [1.807, 2.05) is 0 Å². The third kappa shape index (κ3) is 2.05. The summed E-state index contributed by atoms with van der Waals surface area (Å²) in [6.45, 7) is 8.32. The normalized spacial score (nSPS) is 44.3. The van der Waals surface area contributed by atoms with Crippen LogP contribution in [-0.4, -0.2) is 12.6 Å². The fourth-order valence-corrected chi connectivity index (χ4v) is 4.84. The number of hydrogen-bond donors (Lipinski definition) is 1. The first-order valence-electron chi connectivity index (χ1n) is 7.84. The second kappa shape index (κ2) is 4.26. The number of nitrogens with one attached hydrogen (secondary N) is 1. The van der Waals surface area contributed by atoms with Crippen LogP contribution in [0.2, 0.25) is 0 Å². The molecule has 5 unspecified atom stereocenters. The van der Waals surface area contributed by atoms with Crippen LogP contribution in [0, 0.1) is 29.1 Å². The van der Waals surface area contributed by atoms with Gasteiger partial charge in [0, 0.05) is 12.6 Å². The fraction of sp³-hybridized carbons (Fsp3) is 1.00. The Morgan fingerprint density at radius 3 is 2.59 bits per heavy atom. The van der Waals surface area contributed by atoms with Crippen LogP contribution in [0.4, 0.5) is 0 Å². The monoisotopic (exact) mass is 235 g/mol. The van der Waals surface area contributed by atoms with E-state index < -0.39 is 0 Å². The maximum atomic E-state index is 3.92. The van der Waals surface area contributed by atoms with Crippen LogP contribution in [0.25, 0.3) is 0 Å². The van der Waals surface area contributed by atoms with Crippen molar-refractivity contribution in [1.29, 1.82) is 0 Å². The second-order valence-corrected chi connectivity index (χ2v) is 7.66. The molecule has 0 spiro atoms. The van der Waals surface area contributed by atoms with Crippen LogP contribution >= 0.6 is 0 Å². The van der Waals surface area contributed by atoms with E-state index in [1.165, 1.54) is 25.8 Å². The van der Waals surface area contributed by atoms with Crippen LogP contribution < -0.4 is 5.32 Å². The summed E-state index contributed by atoms with van der Waals surface area (Å²) in [4.78, 5) is 0. The topological polar surface area (TPSA) is 12.0 Å². The van der Waals surface area contributed by atoms with Crippen molar-refractivity contribution in [1.82, 2.24) is 5.32 Å². The molecular formula is C16H29N. The van der Waals surface area contributed by atoms with Crippen molar-refractivity contribution >= 4 is 0 Å². The minimum atomic E-state index is 0.483. The van der Waals surface area contributed by atoms with Crippen molar-refractivity contribution in [2.24, 2.45) is 29.1 Å². The van der Waals surface area contributed by atoms with Gasteiger partial charge in [-0.2, -0.15) is 0 Å². The molecule has 98 valence electrons. The first-order chi connectivity index (χ1) is 8.11. The minimum absolute atomic E-state index is 0.483. The van der Waals surface area contributed by atoms with Crippen molar-refractivity contribution in [3.05, 3.63) is 0 Å². The van der Waals surface area contributed by atoms with Gasteiger partial charge in [0.25, 0.3) is 0 Å². The van der Waals surface area contributed by atoms with Gasteiger partial charge < -0.3 is 5.32 Å². The molecule has 17 heavy (non-hydrogen) atoms. The average Bonchev–Trinajstić information content (AvgIpc) is 2.98. The van der Waals surface area contributed by atoms with Gasteiger partial charge in [-0.15, -0.1) is 0 Å². The van der Waals surface area contributed by atoms with E-state index in [0.29, 0.717) is 5.41 Å². The molecule has 5 atom stereocenters. The lowest BCUT2D eigenvalue weighted by molar-refractivity contribution is 0.191. The van der Waals surface area contributed by atoms with E-state index in [4.69, 9.17) is 0 Å². The molecule has 3 saturated carbocycles. The Morgan fingerprint density at radius 1 is 1.06 bits per heavy atom. The van der Waals surface area contributed by atoms with E-state index in [9.17, 15) is 0 Å². The second-order valence-electron chi connectivity index (χ2n) is 7.66. The van der Waals surface area contributed by atoms with E-state index in [1.54, 1.807) is 19.3 Å². The molecule has 3 fully saturated rings. The Hall–Kier alpha value is -0.0400. The van der Waals surface area contributed by atoms with Gasteiger partial charge in [-0.3, -0.25) is 0 Å². The van der Waals surface area contributed by atoms with Crippen LogP contribution in [0.1, 0.15) is 59.3 Å². The highest BCUT2D eigenvalue weighted by Gasteiger charge is 2.53. The lowest BCUT2D eigenvalue weighted by atomic mass is 9.78. The zero-order valence-electron chi connectivity index (χ0n) is 11.8. The molecule has 0 aliphatic heterocycles. The maximum absolute atomic E-state index is 3.92. The van der Waals surface area contributed by atoms with Gasteiger partial charge >= 0.3 is 0 Å². The molecule has 2 bridgehead atoms. The molecular weight excluding hydrogens is 206 g/mol. The highest BCUT2D eigenvalue weighted by molar-refractivity contribution is 5.05. The molecule has 1 heteroatoms. The lowest BCUT2D eigenvalue weighted by Crippen LogP contribution is -2.43. The van der Waals surface area contributed by atoms with Gasteiger partial charge in [0.05, 0.1) is 0 Å². The summed E-state index contributed by atoms with van der Waals surface area (Å²) >= 11 is 0. The van der Waals surface area contributed by atoms with Crippen LogP contribution in [-0.2, 0) is 0 Å². The predicted octanol–water partition coefficient (Wildman–Crippen LogP) is 3.84. The highest BCUT2D eigenvalue weighted by atomic mass is 15.0. The highest BCUT2D eigenvalue weighted by Crippen LogP contribution is 2.58. The summed E-state index contributed by atoms with van der Waals surface area (Å²) in [5.41, 5.74) is 0.483. The van der Waals surface area contributed by atoms with Gasteiger partial charge in [-0.1, -0.05) is 27.2 Å². The van der Waals surface area contributed by atoms with Gasteiger partial charge in [0.15, 0.2) is 0 Å². The van der Waals surface area contributed by atoms with Gasteiger partial charge in [0.2, 0.25) is 0 Å². The summed E-state index contributed by atoms with van der Waals surface area (Å²) in [6.07, 6.45) is 8.95. The minimum Gasteiger partial charge on any atom is -0.313 e. The van der Waals surface area contributed by atoms with Crippen LogP contribution in [0.15, 0.2) is 0 Å². The molecule has 0 aromatic carbocycles. The molecule has 0 heterocycles. The van der Waals surface area contributed by atoms with E-state index in [-0.39, 0.29) is 0 Å². The van der Waals surface area contributed by atoms with Gasteiger partial charge in [-0.25, -0.2) is 0 Å². The van der Waals surface area contributed by atoms with E-state index >= 15 is 0 Å². The molecule has 3 rings (SSSR count). The Balaban J connectivity index is 1.57. The average molecular weight is 235 g/mol. The summed E-state index contributed by atoms with van der Waals surface area (Å²) in [7, 11) is 0. The molecule has 1 N–H and O–H groups in total.